The molecule has 0 saturated carbocycles. The molecule has 2 nitrogen and oxygen atoms in total. The molecule has 166 valence electrons. The fraction of sp³-hybridized carbons (Fsp3) is 0.323. The van der Waals surface area contributed by atoms with E-state index in [1.807, 2.05) is 0 Å². The van der Waals surface area contributed by atoms with Crippen LogP contribution in [0.15, 0.2) is 65.2 Å². The van der Waals surface area contributed by atoms with E-state index in [0.717, 1.165) is 11.2 Å². The van der Waals surface area contributed by atoms with Gasteiger partial charge in [-0.25, -0.2) is 4.57 Å². The van der Waals surface area contributed by atoms with Crippen LogP contribution in [0, 0.1) is 6.92 Å². The van der Waals surface area contributed by atoms with E-state index in [9.17, 15) is 0 Å². The lowest BCUT2D eigenvalue weighted by Crippen LogP contribution is -2.36. The molecule has 33 heavy (non-hydrogen) atoms. The van der Waals surface area contributed by atoms with Gasteiger partial charge in [0.05, 0.1) is 5.56 Å². The van der Waals surface area contributed by atoms with Crippen LogP contribution in [0.1, 0.15) is 57.2 Å². The Kier molecular flexibility index (Phi) is 4.15. The Morgan fingerprint density at radius 3 is 2.21 bits per heavy atom. The van der Waals surface area contributed by atoms with E-state index >= 15 is 0 Å². The fourth-order valence-corrected chi connectivity index (χ4v) is 6.32. The number of hydrogen-bond donors (Lipinski definition) is 0. The molecular formula is C31H32NO+. The zero-order chi connectivity index (χ0) is 23.1. The number of rotatable bonds is 1. The lowest BCUT2D eigenvalue weighted by atomic mass is 9.60. The van der Waals surface area contributed by atoms with E-state index < -0.39 is 0 Å². The van der Waals surface area contributed by atoms with Gasteiger partial charge < -0.3 is 4.42 Å². The van der Waals surface area contributed by atoms with Gasteiger partial charge in [-0.1, -0.05) is 64.1 Å². The summed E-state index contributed by atoms with van der Waals surface area (Å²) in [4.78, 5) is 0. The Balaban J connectivity index is 1.86. The highest BCUT2D eigenvalue weighted by molar-refractivity contribution is 6.13. The maximum Gasteiger partial charge on any atom is 0.216 e. The Bertz CT molecular complexity index is 1580. The Hall–Kier alpha value is -3.13. The molecule has 0 fully saturated rings. The normalized spacial score (nSPS) is 17.0. The highest BCUT2D eigenvalue weighted by Gasteiger charge is 2.42. The van der Waals surface area contributed by atoms with Crippen molar-refractivity contribution in [1.82, 2.24) is 0 Å². The molecule has 1 aliphatic carbocycles. The molecule has 0 spiro atoms. The largest absolute Gasteiger partial charge is 0.455 e. The molecule has 2 heteroatoms. The van der Waals surface area contributed by atoms with Crippen molar-refractivity contribution in [2.24, 2.45) is 7.05 Å². The third-order valence-corrected chi connectivity index (χ3v) is 8.06. The molecule has 0 N–H and O–H groups in total. The van der Waals surface area contributed by atoms with Crippen LogP contribution in [-0.4, -0.2) is 0 Å². The van der Waals surface area contributed by atoms with Crippen LogP contribution in [0.3, 0.4) is 0 Å². The summed E-state index contributed by atoms with van der Waals surface area (Å²) in [6.45, 7) is 12.0. The van der Waals surface area contributed by atoms with Crippen molar-refractivity contribution in [3.05, 3.63) is 77.5 Å². The van der Waals surface area contributed by atoms with Gasteiger partial charge in [0, 0.05) is 22.2 Å². The highest BCUT2D eigenvalue weighted by Crippen LogP contribution is 2.54. The van der Waals surface area contributed by atoms with Crippen LogP contribution in [0.2, 0.25) is 0 Å². The summed E-state index contributed by atoms with van der Waals surface area (Å²) in [6.07, 6.45) is 4.62. The summed E-state index contributed by atoms with van der Waals surface area (Å²) >= 11 is 0. The number of hydrogen-bond acceptors (Lipinski definition) is 1. The SMILES string of the molecule is Cc1c2c(c3c(oc4ccccc43)c1-c1cc3ccccc3c[n+]1C)C(C)(C)CCC2(C)C. The zero-order valence-corrected chi connectivity index (χ0v) is 20.5. The number of fused-ring (bicyclic) bond motifs is 6. The van der Waals surface area contributed by atoms with Crippen molar-refractivity contribution in [2.75, 3.05) is 0 Å². The molecule has 0 unspecified atom stereocenters. The maximum atomic E-state index is 6.70. The van der Waals surface area contributed by atoms with Gasteiger partial charge in [0.25, 0.3) is 0 Å². The third kappa shape index (κ3) is 2.83. The number of furan rings is 1. The summed E-state index contributed by atoms with van der Waals surface area (Å²) < 4.78 is 8.97. The first kappa shape index (κ1) is 20.5. The van der Waals surface area contributed by atoms with E-state index in [4.69, 9.17) is 4.42 Å². The highest BCUT2D eigenvalue weighted by atomic mass is 16.3. The molecule has 0 amide bonds. The minimum absolute atomic E-state index is 0.102. The van der Waals surface area contributed by atoms with Gasteiger partial charge in [0.1, 0.15) is 18.2 Å². The van der Waals surface area contributed by atoms with Crippen molar-refractivity contribution in [2.45, 2.75) is 58.3 Å². The number of aromatic nitrogens is 1. The van der Waals surface area contributed by atoms with Crippen LogP contribution in [-0.2, 0) is 17.9 Å². The molecule has 0 bridgehead atoms. The van der Waals surface area contributed by atoms with Crippen molar-refractivity contribution < 1.29 is 8.98 Å². The van der Waals surface area contributed by atoms with Gasteiger partial charge in [-0.05, 0) is 64.8 Å². The number of pyridine rings is 1. The number of para-hydroxylation sites is 1. The predicted octanol–water partition coefficient (Wildman–Crippen LogP) is 7.89. The molecule has 0 aliphatic heterocycles. The second-order valence-electron chi connectivity index (χ2n) is 11.2. The van der Waals surface area contributed by atoms with Crippen molar-refractivity contribution in [3.8, 4) is 11.3 Å². The zero-order valence-electron chi connectivity index (χ0n) is 20.5. The third-order valence-electron chi connectivity index (χ3n) is 8.06. The lowest BCUT2D eigenvalue weighted by Gasteiger charge is -2.43. The van der Waals surface area contributed by atoms with Crippen LogP contribution < -0.4 is 4.57 Å². The quantitative estimate of drug-likeness (QED) is 0.245. The van der Waals surface area contributed by atoms with E-state index in [1.54, 1.807) is 0 Å². The minimum Gasteiger partial charge on any atom is -0.455 e. The van der Waals surface area contributed by atoms with Crippen LogP contribution in [0.5, 0.6) is 0 Å². The summed E-state index contributed by atoms with van der Waals surface area (Å²) in [5.41, 5.74) is 9.03. The van der Waals surface area contributed by atoms with Gasteiger partial charge in [-0.3, -0.25) is 0 Å². The number of benzene rings is 3. The topological polar surface area (TPSA) is 17.0 Å². The van der Waals surface area contributed by atoms with Gasteiger partial charge in [-0.15, -0.1) is 0 Å². The molecule has 0 saturated heterocycles. The van der Waals surface area contributed by atoms with E-state index in [0.29, 0.717) is 0 Å². The molecule has 6 rings (SSSR count). The van der Waals surface area contributed by atoms with E-state index in [2.05, 4.69) is 107 Å². The molecule has 0 radical (unpaired) electrons. The average molecular weight is 435 g/mol. The second kappa shape index (κ2) is 6.70. The standard InChI is InChI=1S/C31H32NO/c1-19-25(23-17-20-11-7-8-12-21(20)18-32(23)6)29-26(22-13-9-10-14-24(22)33-29)28-27(19)30(2,3)15-16-31(28,4)5/h7-14,17-18H,15-16H2,1-6H3/q+1. The first-order valence-corrected chi connectivity index (χ1v) is 12.1. The molecule has 5 aromatic rings. The Morgan fingerprint density at radius 2 is 1.45 bits per heavy atom. The van der Waals surface area contributed by atoms with Crippen molar-refractivity contribution in [1.29, 1.82) is 0 Å². The molecule has 1 aliphatic rings. The van der Waals surface area contributed by atoms with E-state index in [1.165, 1.54) is 62.3 Å². The van der Waals surface area contributed by atoms with Crippen molar-refractivity contribution in [3.63, 3.8) is 0 Å². The van der Waals surface area contributed by atoms with Crippen LogP contribution >= 0.6 is 0 Å². The molecular weight excluding hydrogens is 402 g/mol. The van der Waals surface area contributed by atoms with Gasteiger partial charge >= 0.3 is 0 Å². The smallest absolute Gasteiger partial charge is 0.216 e. The van der Waals surface area contributed by atoms with Crippen LogP contribution in [0.25, 0.3) is 44.0 Å². The first-order valence-electron chi connectivity index (χ1n) is 12.1. The number of nitrogens with zero attached hydrogens (tertiary/aromatic N) is 1. The maximum absolute atomic E-state index is 6.70. The van der Waals surface area contributed by atoms with Crippen LogP contribution in [0.4, 0.5) is 0 Å². The molecule has 0 atom stereocenters. The summed E-state index contributed by atoms with van der Waals surface area (Å²) in [5.74, 6) is 0. The van der Waals surface area contributed by atoms with Gasteiger partial charge in [0.15, 0.2) is 6.20 Å². The average Bonchev–Trinajstić information content (AvgIpc) is 3.15. The van der Waals surface area contributed by atoms with E-state index in [-0.39, 0.29) is 10.8 Å². The number of aryl methyl sites for hydroxylation is 1. The van der Waals surface area contributed by atoms with Gasteiger partial charge in [0.2, 0.25) is 5.69 Å². The Labute approximate surface area is 195 Å². The fourth-order valence-electron chi connectivity index (χ4n) is 6.32. The monoisotopic (exact) mass is 434 g/mol. The summed E-state index contributed by atoms with van der Waals surface area (Å²) in [7, 11) is 2.16. The molecule has 2 heterocycles. The summed E-state index contributed by atoms with van der Waals surface area (Å²) in [6, 6.07) is 19.5. The summed E-state index contributed by atoms with van der Waals surface area (Å²) in [5, 5.41) is 5.06. The second-order valence-corrected chi connectivity index (χ2v) is 11.2. The minimum atomic E-state index is 0.102. The first-order chi connectivity index (χ1) is 15.7. The molecule has 3 aromatic carbocycles. The molecule has 2 aromatic heterocycles. The Morgan fingerprint density at radius 1 is 0.818 bits per heavy atom. The van der Waals surface area contributed by atoms with Gasteiger partial charge in [-0.2, -0.15) is 0 Å². The lowest BCUT2D eigenvalue weighted by molar-refractivity contribution is -0.659. The van der Waals surface area contributed by atoms with Crippen molar-refractivity contribution >= 4 is 32.7 Å². The predicted molar refractivity (Wildman–Crippen MR) is 138 cm³/mol.